The van der Waals surface area contributed by atoms with Crippen LogP contribution < -0.4 is 0 Å². The second kappa shape index (κ2) is 5.43. The molecule has 0 spiro atoms. The fraction of sp³-hybridized carbons (Fsp3) is 1.00. The van der Waals surface area contributed by atoms with Gasteiger partial charge in [-0.3, -0.25) is 0 Å². The predicted molar refractivity (Wildman–Crippen MR) is 52.8 cm³/mol. The molecular weight excluding hydrogens is 316 g/mol. The smallest absolute Gasteiger partial charge is 0 e. The van der Waals surface area contributed by atoms with Gasteiger partial charge in [0.1, 0.15) is 0 Å². The first-order valence-corrected chi connectivity index (χ1v) is 4.96. The van der Waals surface area contributed by atoms with Crippen molar-refractivity contribution >= 4 is 0 Å². The van der Waals surface area contributed by atoms with Gasteiger partial charge in [-0.1, -0.05) is 48.0 Å². The van der Waals surface area contributed by atoms with E-state index in [1.165, 1.54) is 19.3 Å². The summed E-state index contributed by atoms with van der Waals surface area (Å²) < 4.78 is 0. The van der Waals surface area contributed by atoms with Crippen molar-refractivity contribution in [3.63, 3.8) is 0 Å². The summed E-state index contributed by atoms with van der Waals surface area (Å²) in [6.45, 7) is 13.6. The van der Waals surface area contributed by atoms with Crippen LogP contribution in [-0.2, 0) is 21.1 Å². The number of rotatable bonds is 0. The van der Waals surface area contributed by atoms with Crippen LogP contribution in [0.4, 0.5) is 0 Å². The van der Waals surface area contributed by atoms with E-state index in [1.807, 2.05) is 13.8 Å². The molecule has 0 aromatic heterocycles. The Labute approximate surface area is 92.8 Å². The zero-order chi connectivity index (χ0) is 9.12. The first-order chi connectivity index (χ1) is 4.96. The molecule has 0 heterocycles. The largest absolute Gasteiger partial charge is 0.0683 e. The van der Waals surface area contributed by atoms with Crippen LogP contribution in [0.5, 0.6) is 0 Å². The van der Waals surface area contributed by atoms with Crippen molar-refractivity contribution < 1.29 is 21.1 Å². The monoisotopic (exact) mass is 340 g/mol. The Morgan fingerprint density at radius 3 is 1.08 bits per heavy atom. The topological polar surface area (TPSA) is 0 Å². The van der Waals surface area contributed by atoms with E-state index in [2.05, 4.69) is 27.7 Å². The maximum atomic E-state index is 2.39. The normalized spacial score (nSPS) is 23.5. The summed E-state index contributed by atoms with van der Waals surface area (Å²) in [5.74, 6) is 0. The van der Waals surface area contributed by atoms with E-state index in [0.29, 0.717) is 10.8 Å². The molecule has 0 aliphatic heterocycles. The van der Waals surface area contributed by atoms with Gasteiger partial charge in [0.25, 0.3) is 0 Å². The van der Waals surface area contributed by atoms with Crippen molar-refractivity contribution in [2.75, 3.05) is 0 Å². The molecule has 12 heavy (non-hydrogen) atoms. The molecule has 0 aromatic carbocycles. The van der Waals surface area contributed by atoms with E-state index in [0.717, 1.165) is 0 Å². The molecule has 0 nitrogen and oxygen atoms in total. The van der Waals surface area contributed by atoms with E-state index in [-0.39, 0.29) is 21.1 Å². The molecule has 1 saturated carbocycles. The summed E-state index contributed by atoms with van der Waals surface area (Å²) in [5, 5.41) is 0. The number of hydrogen-bond donors (Lipinski definition) is 0. The van der Waals surface area contributed by atoms with Crippen LogP contribution >= 0.6 is 0 Å². The Hall–Kier alpha value is 0.688. The van der Waals surface area contributed by atoms with E-state index in [4.69, 9.17) is 0 Å². The fourth-order valence-corrected chi connectivity index (χ4v) is 1.65. The van der Waals surface area contributed by atoms with Crippen LogP contribution in [0.2, 0.25) is 0 Å². The van der Waals surface area contributed by atoms with Gasteiger partial charge in [-0.15, -0.1) is 0 Å². The summed E-state index contributed by atoms with van der Waals surface area (Å²) >= 11 is 0. The molecule has 0 unspecified atom stereocenters. The quantitative estimate of drug-likeness (QED) is 0.619. The van der Waals surface area contributed by atoms with Crippen molar-refractivity contribution in [2.24, 2.45) is 10.8 Å². The van der Waals surface area contributed by atoms with E-state index in [1.54, 1.807) is 0 Å². The van der Waals surface area contributed by atoms with E-state index in [9.17, 15) is 0 Å². The summed E-state index contributed by atoms with van der Waals surface area (Å²) in [7, 11) is 0. The van der Waals surface area contributed by atoms with Crippen LogP contribution in [-0.4, -0.2) is 0 Å². The van der Waals surface area contributed by atoms with Crippen molar-refractivity contribution in [1.82, 2.24) is 0 Å². The average molecular weight is 340 g/mol. The molecule has 1 fully saturated rings. The summed E-state index contributed by atoms with van der Waals surface area (Å²) in [6, 6.07) is 0. The van der Waals surface area contributed by atoms with Crippen molar-refractivity contribution in [1.29, 1.82) is 0 Å². The fourth-order valence-electron chi connectivity index (χ4n) is 1.65. The second-order valence-electron chi connectivity index (χ2n) is 4.62. The molecule has 0 aromatic rings. The Kier molecular flexibility index (Phi) is 6.86. The SMILES string of the molecule is CC.CC1(C)CCCC1(C)C.[W]. The van der Waals surface area contributed by atoms with Gasteiger partial charge < -0.3 is 0 Å². The third-order valence-electron chi connectivity index (χ3n) is 3.44. The molecule has 0 amide bonds. The van der Waals surface area contributed by atoms with Gasteiger partial charge in [-0.2, -0.15) is 0 Å². The Balaban J connectivity index is 0. The van der Waals surface area contributed by atoms with Gasteiger partial charge in [0.2, 0.25) is 0 Å². The van der Waals surface area contributed by atoms with Crippen molar-refractivity contribution in [3.8, 4) is 0 Å². The van der Waals surface area contributed by atoms with Gasteiger partial charge in [-0.05, 0) is 23.7 Å². The minimum atomic E-state index is 0. The summed E-state index contributed by atoms with van der Waals surface area (Å²) in [6.07, 6.45) is 4.26. The van der Waals surface area contributed by atoms with Crippen LogP contribution in [0.25, 0.3) is 0 Å². The first kappa shape index (κ1) is 15.2. The molecule has 0 saturated heterocycles. The van der Waals surface area contributed by atoms with Crippen LogP contribution in [0.3, 0.4) is 0 Å². The molecule has 0 radical (unpaired) electrons. The minimum absolute atomic E-state index is 0. The molecular formula is C11H24W. The van der Waals surface area contributed by atoms with Crippen molar-refractivity contribution in [2.45, 2.75) is 60.8 Å². The minimum Gasteiger partial charge on any atom is -0.0683 e. The third-order valence-corrected chi connectivity index (χ3v) is 3.44. The third kappa shape index (κ3) is 3.21. The van der Waals surface area contributed by atoms with Gasteiger partial charge in [0.05, 0.1) is 0 Å². The molecule has 74 valence electrons. The Bertz CT molecular complexity index is 100. The molecule has 0 N–H and O–H groups in total. The van der Waals surface area contributed by atoms with Crippen LogP contribution in [0.15, 0.2) is 0 Å². The van der Waals surface area contributed by atoms with Gasteiger partial charge in [0.15, 0.2) is 0 Å². The zero-order valence-corrected chi connectivity index (χ0v) is 12.5. The van der Waals surface area contributed by atoms with Gasteiger partial charge in [0, 0.05) is 21.1 Å². The molecule has 1 aliphatic carbocycles. The molecule has 0 bridgehead atoms. The average Bonchev–Trinajstić information content (AvgIpc) is 2.12. The summed E-state index contributed by atoms with van der Waals surface area (Å²) in [4.78, 5) is 0. The van der Waals surface area contributed by atoms with E-state index >= 15 is 0 Å². The van der Waals surface area contributed by atoms with Gasteiger partial charge in [-0.25, -0.2) is 0 Å². The zero-order valence-electron chi connectivity index (χ0n) is 9.53. The molecule has 1 heteroatoms. The van der Waals surface area contributed by atoms with Gasteiger partial charge >= 0.3 is 0 Å². The Morgan fingerprint density at radius 2 is 1.00 bits per heavy atom. The molecule has 0 atom stereocenters. The molecule has 1 rings (SSSR count). The maximum absolute atomic E-state index is 2.39. The standard InChI is InChI=1S/C9H18.C2H6.W/c1-8(2)6-5-7-9(8,3)4;1-2;/h5-7H2,1-4H3;1-2H3;. The first-order valence-electron chi connectivity index (χ1n) is 4.96. The predicted octanol–water partition coefficient (Wildman–Crippen LogP) is 4.25. The Morgan fingerprint density at radius 1 is 0.750 bits per heavy atom. The summed E-state index contributed by atoms with van der Waals surface area (Å²) in [5.41, 5.74) is 1.18. The van der Waals surface area contributed by atoms with Crippen LogP contribution in [0.1, 0.15) is 60.8 Å². The van der Waals surface area contributed by atoms with Crippen LogP contribution in [0, 0.1) is 10.8 Å². The van der Waals surface area contributed by atoms with E-state index < -0.39 is 0 Å². The maximum Gasteiger partial charge on any atom is 0 e. The molecule has 1 aliphatic rings. The van der Waals surface area contributed by atoms with Crippen molar-refractivity contribution in [3.05, 3.63) is 0 Å². The second-order valence-corrected chi connectivity index (χ2v) is 4.62. The number of hydrogen-bond acceptors (Lipinski definition) is 0.